The van der Waals surface area contributed by atoms with Gasteiger partial charge in [0.05, 0.1) is 12.6 Å². The Morgan fingerprint density at radius 2 is 1.86 bits per heavy atom. The lowest BCUT2D eigenvalue weighted by atomic mass is 9.92. The molecule has 1 aromatic rings. The third kappa shape index (κ3) is 4.31. The first-order valence-electron chi connectivity index (χ1n) is 8.13. The summed E-state index contributed by atoms with van der Waals surface area (Å²) in [7, 11) is 0. The van der Waals surface area contributed by atoms with Gasteiger partial charge in [0, 0.05) is 24.5 Å². The summed E-state index contributed by atoms with van der Waals surface area (Å²) < 4.78 is 0. The average Bonchev–Trinajstić information content (AvgIpc) is 2.52. The van der Waals surface area contributed by atoms with Crippen molar-refractivity contribution in [3.05, 3.63) is 35.9 Å². The first-order chi connectivity index (χ1) is 10.4. The molecule has 1 aromatic carbocycles. The smallest absolute Gasteiger partial charge is 0.227 e. The van der Waals surface area contributed by atoms with E-state index in [0.29, 0.717) is 6.04 Å². The number of amides is 1. The Labute approximate surface area is 133 Å². The Morgan fingerprint density at radius 3 is 2.36 bits per heavy atom. The molecule has 1 aliphatic heterocycles. The normalized spacial score (nSPS) is 18.3. The first-order valence-corrected chi connectivity index (χ1v) is 8.13. The highest BCUT2D eigenvalue weighted by Crippen LogP contribution is 2.22. The summed E-state index contributed by atoms with van der Waals surface area (Å²) in [5, 5.41) is 13.2. The van der Waals surface area contributed by atoms with Gasteiger partial charge in [-0.1, -0.05) is 51.1 Å². The van der Waals surface area contributed by atoms with Crippen LogP contribution in [0.4, 0.5) is 0 Å². The molecule has 1 fully saturated rings. The largest absolute Gasteiger partial charge is 0.394 e. The number of carbonyl (C=O) groups excluding carboxylic acids is 1. The summed E-state index contributed by atoms with van der Waals surface area (Å²) >= 11 is 0. The summed E-state index contributed by atoms with van der Waals surface area (Å²) in [6.07, 6.45) is 1.87. The molecule has 4 nitrogen and oxygen atoms in total. The van der Waals surface area contributed by atoms with Gasteiger partial charge >= 0.3 is 0 Å². The van der Waals surface area contributed by atoms with Crippen molar-refractivity contribution in [3.8, 4) is 0 Å². The summed E-state index contributed by atoms with van der Waals surface area (Å²) in [5.41, 5.74) is 0.802. The van der Waals surface area contributed by atoms with Gasteiger partial charge in [0.15, 0.2) is 0 Å². The average molecular weight is 304 g/mol. The standard InChI is InChI=1S/C18H28N2O2/c1-18(2,3)17(22)20-11-9-15(10-12-20)19-16(13-21)14-7-5-4-6-8-14/h4-8,15-16,19,21H,9-13H2,1-3H3. The van der Waals surface area contributed by atoms with Crippen LogP contribution in [0.5, 0.6) is 0 Å². The van der Waals surface area contributed by atoms with Gasteiger partial charge in [0.25, 0.3) is 0 Å². The number of benzene rings is 1. The van der Waals surface area contributed by atoms with Crippen molar-refractivity contribution >= 4 is 5.91 Å². The van der Waals surface area contributed by atoms with Crippen LogP contribution in [-0.4, -0.2) is 41.7 Å². The Kier molecular flexibility index (Phi) is 5.59. The van der Waals surface area contributed by atoms with Gasteiger partial charge in [-0.2, -0.15) is 0 Å². The quantitative estimate of drug-likeness (QED) is 0.898. The molecule has 1 aliphatic rings. The topological polar surface area (TPSA) is 52.6 Å². The van der Waals surface area contributed by atoms with E-state index in [1.54, 1.807) is 0 Å². The highest BCUT2D eigenvalue weighted by Gasteiger charge is 2.30. The summed E-state index contributed by atoms with van der Waals surface area (Å²) in [6.45, 7) is 7.58. The van der Waals surface area contributed by atoms with E-state index in [1.807, 2.05) is 56.0 Å². The maximum atomic E-state index is 12.3. The van der Waals surface area contributed by atoms with E-state index in [0.717, 1.165) is 31.5 Å². The summed E-state index contributed by atoms with van der Waals surface area (Å²) in [6, 6.07) is 10.3. The van der Waals surface area contributed by atoms with Crippen molar-refractivity contribution in [2.24, 2.45) is 5.41 Å². The third-order valence-electron chi connectivity index (χ3n) is 4.25. The molecule has 22 heavy (non-hydrogen) atoms. The second kappa shape index (κ2) is 7.25. The Balaban J connectivity index is 1.88. The molecule has 1 amide bonds. The third-order valence-corrected chi connectivity index (χ3v) is 4.25. The molecule has 0 aromatic heterocycles. The van der Waals surface area contributed by atoms with Crippen LogP contribution in [0.25, 0.3) is 0 Å². The Bertz CT molecular complexity index is 474. The fraction of sp³-hybridized carbons (Fsp3) is 0.611. The minimum Gasteiger partial charge on any atom is -0.394 e. The van der Waals surface area contributed by atoms with Crippen LogP contribution in [0, 0.1) is 5.41 Å². The van der Waals surface area contributed by atoms with E-state index in [9.17, 15) is 9.90 Å². The van der Waals surface area contributed by atoms with Gasteiger partial charge in [-0.3, -0.25) is 4.79 Å². The molecule has 0 spiro atoms. The van der Waals surface area contributed by atoms with E-state index in [1.165, 1.54) is 0 Å². The zero-order valence-electron chi connectivity index (χ0n) is 13.9. The molecular weight excluding hydrogens is 276 g/mol. The van der Waals surface area contributed by atoms with Crippen LogP contribution in [-0.2, 0) is 4.79 Å². The molecule has 0 saturated carbocycles. The molecule has 122 valence electrons. The number of likely N-dealkylation sites (tertiary alicyclic amines) is 1. The number of carbonyl (C=O) groups is 1. The molecular formula is C18H28N2O2. The molecule has 1 atom stereocenters. The molecule has 1 unspecified atom stereocenters. The number of aliphatic hydroxyl groups is 1. The Morgan fingerprint density at radius 1 is 1.27 bits per heavy atom. The predicted molar refractivity (Wildman–Crippen MR) is 88.5 cm³/mol. The zero-order valence-corrected chi connectivity index (χ0v) is 13.9. The molecule has 0 radical (unpaired) electrons. The van der Waals surface area contributed by atoms with Crippen LogP contribution in [0.2, 0.25) is 0 Å². The second-order valence-corrected chi connectivity index (χ2v) is 7.13. The minimum absolute atomic E-state index is 0.0314. The number of nitrogens with zero attached hydrogens (tertiary/aromatic N) is 1. The second-order valence-electron chi connectivity index (χ2n) is 7.13. The van der Waals surface area contributed by atoms with Crippen molar-refractivity contribution in [3.63, 3.8) is 0 Å². The van der Waals surface area contributed by atoms with E-state index >= 15 is 0 Å². The van der Waals surface area contributed by atoms with E-state index < -0.39 is 0 Å². The lowest BCUT2D eigenvalue weighted by molar-refractivity contribution is -0.140. The summed E-state index contributed by atoms with van der Waals surface area (Å²) in [5.74, 6) is 0.229. The molecule has 1 saturated heterocycles. The molecule has 1 heterocycles. The minimum atomic E-state index is -0.308. The fourth-order valence-corrected chi connectivity index (χ4v) is 2.95. The van der Waals surface area contributed by atoms with Crippen LogP contribution in [0.1, 0.15) is 45.2 Å². The van der Waals surface area contributed by atoms with Crippen LogP contribution in [0.15, 0.2) is 30.3 Å². The SMILES string of the molecule is CC(C)(C)C(=O)N1CCC(NC(CO)c2ccccc2)CC1. The van der Waals surface area contributed by atoms with Gasteiger partial charge in [-0.25, -0.2) is 0 Å². The number of hydrogen-bond acceptors (Lipinski definition) is 3. The lowest BCUT2D eigenvalue weighted by Gasteiger charge is -2.37. The van der Waals surface area contributed by atoms with Crippen molar-refractivity contribution < 1.29 is 9.90 Å². The number of nitrogens with one attached hydrogen (secondary N) is 1. The zero-order chi connectivity index (χ0) is 16.2. The molecule has 0 bridgehead atoms. The fourth-order valence-electron chi connectivity index (χ4n) is 2.95. The number of hydrogen-bond donors (Lipinski definition) is 2. The van der Waals surface area contributed by atoms with Gasteiger partial charge in [0.2, 0.25) is 5.91 Å². The summed E-state index contributed by atoms with van der Waals surface area (Å²) in [4.78, 5) is 14.3. The molecule has 4 heteroatoms. The molecule has 2 rings (SSSR count). The predicted octanol–water partition coefficient (Wildman–Crippen LogP) is 2.35. The van der Waals surface area contributed by atoms with Crippen molar-refractivity contribution in [1.29, 1.82) is 0 Å². The van der Waals surface area contributed by atoms with Gasteiger partial charge in [0.1, 0.15) is 0 Å². The van der Waals surface area contributed by atoms with Crippen LogP contribution >= 0.6 is 0 Å². The maximum Gasteiger partial charge on any atom is 0.227 e. The highest BCUT2D eigenvalue weighted by molar-refractivity contribution is 5.81. The van der Waals surface area contributed by atoms with Gasteiger partial charge in [-0.05, 0) is 18.4 Å². The van der Waals surface area contributed by atoms with Crippen LogP contribution in [0.3, 0.4) is 0 Å². The number of aliphatic hydroxyl groups excluding tert-OH is 1. The maximum absolute atomic E-state index is 12.3. The van der Waals surface area contributed by atoms with E-state index in [-0.39, 0.29) is 24.0 Å². The number of rotatable bonds is 4. The molecule has 0 aliphatic carbocycles. The van der Waals surface area contributed by atoms with Crippen molar-refractivity contribution in [1.82, 2.24) is 10.2 Å². The van der Waals surface area contributed by atoms with E-state index in [2.05, 4.69) is 5.32 Å². The highest BCUT2D eigenvalue weighted by atomic mass is 16.3. The van der Waals surface area contributed by atoms with E-state index in [4.69, 9.17) is 0 Å². The molecule has 2 N–H and O–H groups in total. The first kappa shape index (κ1) is 17.0. The Hall–Kier alpha value is -1.39. The van der Waals surface area contributed by atoms with Gasteiger partial charge < -0.3 is 15.3 Å². The number of piperidine rings is 1. The van der Waals surface area contributed by atoms with Crippen molar-refractivity contribution in [2.75, 3.05) is 19.7 Å². The monoisotopic (exact) mass is 304 g/mol. The van der Waals surface area contributed by atoms with Gasteiger partial charge in [-0.15, -0.1) is 0 Å². The lowest BCUT2D eigenvalue weighted by Crippen LogP contribution is -2.49. The van der Waals surface area contributed by atoms with Crippen LogP contribution < -0.4 is 5.32 Å². The van der Waals surface area contributed by atoms with Crippen molar-refractivity contribution in [2.45, 2.75) is 45.7 Å².